The molecule has 4 rings (SSSR count). The van der Waals surface area contributed by atoms with Crippen molar-refractivity contribution in [2.45, 2.75) is 25.3 Å². The van der Waals surface area contributed by atoms with Gasteiger partial charge in [-0.25, -0.2) is 9.97 Å². The van der Waals surface area contributed by atoms with Gasteiger partial charge in [0.15, 0.2) is 0 Å². The van der Waals surface area contributed by atoms with E-state index in [-0.39, 0.29) is 6.04 Å². The Morgan fingerprint density at radius 1 is 1.04 bits per heavy atom. The van der Waals surface area contributed by atoms with E-state index in [1.54, 1.807) is 6.20 Å². The zero-order chi connectivity index (χ0) is 17.8. The van der Waals surface area contributed by atoms with Gasteiger partial charge in [0.1, 0.15) is 11.6 Å². The van der Waals surface area contributed by atoms with Gasteiger partial charge in [-0.05, 0) is 50.7 Å². The number of aromatic nitrogens is 3. The summed E-state index contributed by atoms with van der Waals surface area (Å²) in [6.07, 6.45) is 7.19. The monoisotopic (exact) mass is 345 g/mol. The number of nitrogens with zero attached hydrogens (tertiary/aromatic N) is 4. The third-order valence-electron chi connectivity index (χ3n) is 4.82. The summed E-state index contributed by atoms with van der Waals surface area (Å²) in [5.41, 5.74) is 2.93. The quantitative estimate of drug-likeness (QED) is 0.757. The van der Waals surface area contributed by atoms with Crippen LogP contribution in [0.1, 0.15) is 31.1 Å². The van der Waals surface area contributed by atoms with E-state index in [9.17, 15) is 0 Å². The fourth-order valence-electron chi connectivity index (χ4n) is 3.41. The van der Waals surface area contributed by atoms with E-state index in [0.29, 0.717) is 0 Å². The molecule has 0 radical (unpaired) electrons. The molecule has 1 aromatic carbocycles. The molecular formula is C21H23N5. The minimum Gasteiger partial charge on any atom is -0.340 e. The third kappa shape index (κ3) is 3.73. The number of anilines is 2. The molecule has 0 bridgehead atoms. The summed E-state index contributed by atoms with van der Waals surface area (Å²) in [4.78, 5) is 16.3. The molecule has 0 amide bonds. The van der Waals surface area contributed by atoms with Crippen molar-refractivity contribution in [3.8, 4) is 11.3 Å². The molecule has 2 aromatic heterocycles. The van der Waals surface area contributed by atoms with Crippen molar-refractivity contribution in [1.82, 2.24) is 19.9 Å². The average Bonchev–Trinajstić information content (AvgIpc) is 2.69. The van der Waals surface area contributed by atoms with Crippen molar-refractivity contribution in [3.63, 3.8) is 0 Å². The highest BCUT2D eigenvalue weighted by molar-refractivity contribution is 5.65. The summed E-state index contributed by atoms with van der Waals surface area (Å²) < 4.78 is 0. The molecule has 3 heterocycles. The third-order valence-corrected chi connectivity index (χ3v) is 4.82. The number of rotatable bonds is 4. The van der Waals surface area contributed by atoms with Crippen molar-refractivity contribution < 1.29 is 0 Å². The lowest BCUT2D eigenvalue weighted by molar-refractivity contribution is 0.179. The van der Waals surface area contributed by atoms with Gasteiger partial charge >= 0.3 is 0 Å². The van der Waals surface area contributed by atoms with Gasteiger partial charge in [-0.2, -0.15) is 0 Å². The average molecular weight is 345 g/mol. The fourth-order valence-corrected chi connectivity index (χ4v) is 3.41. The Kier molecular flexibility index (Phi) is 4.88. The lowest BCUT2D eigenvalue weighted by atomic mass is 10.0. The van der Waals surface area contributed by atoms with Gasteiger partial charge < -0.3 is 5.32 Å². The molecule has 132 valence electrons. The first-order valence-electron chi connectivity index (χ1n) is 9.11. The van der Waals surface area contributed by atoms with Gasteiger partial charge in [-0.3, -0.25) is 9.88 Å². The Morgan fingerprint density at radius 3 is 2.69 bits per heavy atom. The maximum absolute atomic E-state index is 4.89. The zero-order valence-corrected chi connectivity index (χ0v) is 15.0. The van der Waals surface area contributed by atoms with Gasteiger partial charge in [0.05, 0.1) is 11.7 Å². The Balaban J connectivity index is 1.74. The lowest BCUT2D eigenvalue weighted by Gasteiger charge is -2.31. The SMILES string of the molecule is CN1CCCCC1c1nc(Nc2ccccc2)cc(-c2cccnc2)n1. The van der Waals surface area contributed by atoms with Crippen molar-refractivity contribution in [2.24, 2.45) is 0 Å². The molecule has 3 aromatic rings. The van der Waals surface area contributed by atoms with Crippen LogP contribution in [-0.4, -0.2) is 33.4 Å². The summed E-state index contributed by atoms with van der Waals surface area (Å²) in [5.74, 6) is 1.70. The number of piperidine rings is 1. The molecule has 5 heteroatoms. The van der Waals surface area contributed by atoms with Crippen LogP contribution in [0.25, 0.3) is 11.3 Å². The van der Waals surface area contributed by atoms with Crippen LogP contribution in [0.3, 0.4) is 0 Å². The molecule has 1 atom stereocenters. The Bertz CT molecular complexity index is 851. The van der Waals surface area contributed by atoms with E-state index >= 15 is 0 Å². The van der Waals surface area contributed by atoms with Crippen LogP contribution in [0.15, 0.2) is 60.9 Å². The van der Waals surface area contributed by atoms with E-state index in [1.165, 1.54) is 12.8 Å². The molecule has 1 saturated heterocycles. The molecular weight excluding hydrogens is 322 g/mol. The topological polar surface area (TPSA) is 53.9 Å². The largest absolute Gasteiger partial charge is 0.340 e. The summed E-state index contributed by atoms with van der Waals surface area (Å²) in [5, 5.41) is 3.42. The maximum Gasteiger partial charge on any atom is 0.148 e. The molecule has 0 saturated carbocycles. The molecule has 1 aliphatic heterocycles. The van der Waals surface area contributed by atoms with E-state index in [4.69, 9.17) is 9.97 Å². The van der Waals surface area contributed by atoms with E-state index in [0.717, 1.165) is 41.6 Å². The van der Waals surface area contributed by atoms with Crippen LogP contribution < -0.4 is 5.32 Å². The highest BCUT2D eigenvalue weighted by Crippen LogP contribution is 2.30. The number of nitrogens with one attached hydrogen (secondary N) is 1. The molecule has 5 nitrogen and oxygen atoms in total. The van der Waals surface area contributed by atoms with Gasteiger partial charge in [-0.1, -0.05) is 24.6 Å². The van der Waals surface area contributed by atoms with Crippen LogP contribution in [0.4, 0.5) is 11.5 Å². The second-order valence-corrected chi connectivity index (χ2v) is 6.72. The second kappa shape index (κ2) is 7.62. The molecule has 1 fully saturated rings. The lowest BCUT2D eigenvalue weighted by Crippen LogP contribution is -2.31. The maximum atomic E-state index is 4.89. The van der Waals surface area contributed by atoms with Crippen LogP contribution in [0.2, 0.25) is 0 Å². The van der Waals surface area contributed by atoms with E-state index in [1.807, 2.05) is 54.7 Å². The normalized spacial score (nSPS) is 17.8. The minimum absolute atomic E-state index is 0.261. The smallest absolute Gasteiger partial charge is 0.148 e. The first-order chi connectivity index (χ1) is 12.8. The number of pyridine rings is 1. The first-order valence-corrected chi connectivity index (χ1v) is 9.11. The highest BCUT2D eigenvalue weighted by atomic mass is 15.2. The summed E-state index contributed by atoms with van der Waals surface area (Å²) in [7, 11) is 2.16. The second-order valence-electron chi connectivity index (χ2n) is 6.72. The van der Waals surface area contributed by atoms with Crippen LogP contribution in [0.5, 0.6) is 0 Å². The first kappa shape index (κ1) is 16.7. The summed E-state index contributed by atoms with van der Waals surface area (Å²) in [6, 6.07) is 16.4. The molecule has 1 unspecified atom stereocenters. The number of likely N-dealkylation sites (tertiary alicyclic amines) is 1. The van der Waals surface area contributed by atoms with Crippen molar-refractivity contribution in [3.05, 3.63) is 66.7 Å². The molecule has 1 aliphatic rings. The van der Waals surface area contributed by atoms with Crippen molar-refractivity contribution in [2.75, 3.05) is 18.9 Å². The van der Waals surface area contributed by atoms with Crippen LogP contribution >= 0.6 is 0 Å². The van der Waals surface area contributed by atoms with Gasteiger partial charge in [0.2, 0.25) is 0 Å². The summed E-state index contributed by atoms with van der Waals surface area (Å²) >= 11 is 0. The standard InChI is InChI=1S/C21H23N5/c1-26-13-6-5-11-19(26)21-24-18(16-8-7-12-22-15-16)14-20(25-21)23-17-9-3-2-4-10-17/h2-4,7-10,12,14-15,19H,5-6,11,13H2,1H3,(H,23,24,25). The Labute approximate surface area is 154 Å². The number of benzene rings is 1. The van der Waals surface area contributed by atoms with Crippen molar-refractivity contribution in [1.29, 1.82) is 0 Å². The van der Waals surface area contributed by atoms with Crippen LogP contribution in [-0.2, 0) is 0 Å². The molecule has 26 heavy (non-hydrogen) atoms. The van der Waals surface area contributed by atoms with Gasteiger partial charge in [-0.15, -0.1) is 0 Å². The zero-order valence-electron chi connectivity index (χ0n) is 15.0. The number of hydrogen-bond acceptors (Lipinski definition) is 5. The van der Waals surface area contributed by atoms with Crippen LogP contribution in [0, 0.1) is 0 Å². The Hall–Kier alpha value is -2.79. The minimum atomic E-state index is 0.261. The number of para-hydroxylation sites is 1. The highest BCUT2D eigenvalue weighted by Gasteiger charge is 2.24. The van der Waals surface area contributed by atoms with Gasteiger partial charge in [0.25, 0.3) is 0 Å². The fraction of sp³-hybridized carbons (Fsp3) is 0.286. The molecule has 0 aliphatic carbocycles. The number of hydrogen-bond donors (Lipinski definition) is 1. The van der Waals surface area contributed by atoms with E-state index < -0.39 is 0 Å². The molecule has 0 spiro atoms. The van der Waals surface area contributed by atoms with Gasteiger partial charge in [0, 0.05) is 29.7 Å². The van der Waals surface area contributed by atoms with Crippen molar-refractivity contribution >= 4 is 11.5 Å². The Morgan fingerprint density at radius 2 is 1.92 bits per heavy atom. The predicted octanol–water partition coefficient (Wildman–Crippen LogP) is 4.44. The summed E-state index contributed by atoms with van der Waals surface area (Å²) in [6.45, 7) is 1.09. The molecule has 1 N–H and O–H groups in total. The predicted molar refractivity (Wildman–Crippen MR) is 104 cm³/mol. The van der Waals surface area contributed by atoms with E-state index in [2.05, 4.69) is 22.2 Å².